The number of amides is 2. The number of likely N-dealkylation sites (tertiary alicyclic amines) is 1. The van der Waals surface area contributed by atoms with Crippen molar-refractivity contribution in [3.05, 3.63) is 35.4 Å². The minimum atomic E-state index is -0.547. The summed E-state index contributed by atoms with van der Waals surface area (Å²) >= 11 is 0. The summed E-state index contributed by atoms with van der Waals surface area (Å²) in [7, 11) is 0. The highest BCUT2D eigenvalue weighted by atomic mass is 16.5. The summed E-state index contributed by atoms with van der Waals surface area (Å²) in [5.41, 5.74) is 2.44. The molecule has 0 saturated carbocycles. The van der Waals surface area contributed by atoms with Gasteiger partial charge in [0.05, 0.1) is 0 Å². The Kier molecular flexibility index (Phi) is 6.98. The van der Waals surface area contributed by atoms with Crippen LogP contribution in [0.2, 0.25) is 0 Å². The summed E-state index contributed by atoms with van der Waals surface area (Å²) in [5.74, 6) is -0.418. The minimum Gasteiger partial charge on any atom is -0.454 e. The molecule has 136 valence electrons. The maximum absolute atomic E-state index is 11.7. The Morgan fingerprint density at radius 1 is 1.24 bits per heavy atom. The minimum absolute atomic E-state index is 0.0371. The molecule has 25 heavy (non-hydrogen) atoms. The van der Waals surface area contributed by atoms with Gasteiger partial charge in [-0.3, -0.25) is 14.4 Å². The highest BCUT2D eigenvalue weighted by Gasteiger charge is 2.23. The second kappa shape index (κ2) is 9.20. The molecule has 6 nitrogen and oxygen atoms in total. The number of hydrogen-bond donors (Lipinski definition) is 1. The fourth-order valence-corrected chi connectivity index (χ4v) is 2.69. The number of nitrogens with one attached hydrogen (secondary N) is 1. The van der Waals surface area contributed by atoms with E-state index in [2.05, 4.69) is 43.4 Å². The normalized spacial score (nSPS) is 14.0. The molecular weight excluding hydrogens is 320 g/mol. The molecule has 1 heterocycles. The van der Waals surface area contributed by atoms with E-state index in [1.807, 2.05) is 0 Å². The molecule has 0 aliphatic carbocycles. The smallest absolute Gasteiger partial charge is 0.326 e. The van der Waals surface area contributed by atoms with E-state index in [1.54, 1.807) is 0 Å². The topological polar surface area (TPSA) is 75.7 Å². The van der Waals surface area contributed by atoms with Gasteiger partial charge in [0.1, 0.15) is 6.54 Å². The molecule has 0 atom stereocenters. The second-order valence-corrected chi connectivity index (χ2v) is 6.58. The van der Waals surface area contributed by atoms with E-state index < -0.39 is 5.97 Å². The second-order valence-electron chi connectivity index (χ2n) is 6.58. The highest BCUT2D eigenvalue weighted by molar-refractivity contribution is 5.85. The van der Waals surface area contributed by atoms with Crippen molar-refractivity contribution in [3.8, 4) is 0 Å². The first-order valence-corrected chi connectivity index (χ1v) is 8.74. The zero-order valence-corrected chi connectivity index (χ0v) is 14.9. The fraction of sp³-hybridized carbons (Fsp3) is 0.526. The van der Waals surface area contributed by atoms with Gasteiger partial charge in [-0.25, -0.2) is 0 Å². The summed E-state index contributed by atoms with van der Waals surface area (Å²) in [5, 5.41) is 2.73. The van der Waals surface area contributed by atoms with Gasteiger partial charge in [-0.05, 0) is 29.9 Å². The van der Waals surface area contributed by atoms with Crippen LogP contribution < -0.4 is 5.32 Å². The number of ether oxygens (including phenoxy) is 1. The molecule has 0 aromatic heterocycles. The maximum atomic E-state index is 11.7. The number of nitrogens with zero attached hydrogens (tertiary/aromatic N) is 1. The van der Waals surface area contributed by atoms with E-state index in [-0.39, 0.29) is 25.0 Å². The first-order chi connectivity index (χ1) is 12.0. The standard InChI is InChI=1S/C19H26N2O4/c1-14(2)16-7-5-15(6-8-16)9-10-20-17(22)13-25-19(24)12-21-11-3-4-18(21)23/h5-8,14H,3-4,9-13H2,1-2H3,(H,20,22). The summed E-state index contributed by atoms with van der Waals surface area (Å²) < 4.78 is 4.91. The Labute approximate surface area is 148 Å². The van der Waals surface area contributed by atoms with E-state index in [1.165, 1.54) is 10.5 Å². The average molecular weight is 346 g/mol. The van der Waals surface area contributed by atoms with Crippen molar-refractivity contribution in [2.75, 3.05) is 26.2 Å². The molecule has 0 unspecified atom stereocenters. The summed E-state index contributed by atoms with van der Waals surface area (Å²) in [4.78, 5) is 36.2. The molecule has 1 aromatic rings. The fourth-order valence-electron chi connectivity index (χ4n) is 2.69. The quantitative estimate of drug-likeness (QED) is 0.726. The number of hydrogen-bond acceptors (Lipinski definition) is 4. The Bertz CT molecular complexity index is 610. The molecular formula is C19H26N2O4. The van der Waals surface area contributed by atoms with Crippen LogP contribution in [-0.2, 0) is 25.5 Å². The number of benzene rings is 1. The molecule has 1 saturated heterocycles. The van der Waals surface area contributed by atoms with E-state index in [0.717, 1.165) is 18.4 Å². The van der Waals surface area contributed by atoms with Gasteiger partial charge in [-0.2, -0.15) is 0 Å². The Hall–Kier alpha value is -2.37. The van der Waals surface area contributed by atoms with Crippen LogP contribution in [0.25, 0.3) is 0 Å². The van der Waals surface area contributed by atoms with Crippen LogP contribution in [0.4, 0.5) is 0 Å². The third kappa shape index (κ3) is 6.21. The van der Waals surface area contributed by atoms with Crippen molar-refractivity contribution in [3.63, 3.8) is 0 Å². The molecule has 0 spiro atoms. The molecule has 1 N–H and O–H groups in total. The van der Waals surface area contributed by atoms with Crippen LogP contribution in [0.1, 0.15) is 43.7 Å². The molecule has 2 amide bonds. The van der Waals surface area contributed by atoms with Gasteiger partial charge in [0.15, 0.2) is 6.61 Å². The van der Waals surface area contributed by atoms with E-state index in [0.29, 0.717) is 25.4 Å². The van der Waals surface area contributed by atoms with Crippen LogP contribution in [0.3, 0.4) is 0 Å². The SMILES string of the molecule is CC(C)c1ccc(CCNC(=O)COC(=O)CN2CCCC2=O)cc1. The molecule has 1 aromatic carbocycles. The van der Waals surface area contributed by atoms with Gasteiger partial charge in [-0.15, -0.1) is 0 Å². The largest absolute Gasteiger partial charge is 0.454 e. The molecule has 1 aliphatic heterocycles. The van der Waals surface area contributed by atoms with Crippen molar-refractivity contribution in [2.24, 2.45) is 0 Å². The first-order valence-electron chi connectivity index (χ1n) is 8.74. The molecule has 0 radical (unpaired) electrons. The zero-order chi connectivity index (χ0) is 18.2. The lowest BCUT2D eigenvalue weighted by atomic mass is 10.0. The van der Waals surface area contributed by atoms with Crippen LogP contribution in [-0.4, -0.2) is 48.9 Å². The van der Waals surface area contributed by atoms with Crippen molar-refractivity contribution < 1.29 is 19.1 Å². The molecule has 6 heteroatoms. The summed E-state index contributed by atoms with van der Waals surface area (Å²) in [6.45, 7) is 4.98. The zero-order valence-electron chi connectivity index (χ0n) is 14.9. The third-order valence-electron chi connectivity index (χ3n) is 4.24. The number of carbonyl (C=O) groups excluding carboxylic acids is 3. The van der Waals surface area contributed by atoms with E-state index >= 15 is 0 Å². The van der Waals surface area contributed by atoms with Crippen molar-refractivity contribution >= 4 is 17.8 Å². The molecule has 1 aliphatic rings. The van der Waals surface area contributed by atoms with Gasteiger partial charge in [0.25, 0.3) is 5.91 Å². The lowest BCUT2D eigenvalue weighted by Gasteiger charge is -2.14. The summed E-state index contributed by atoms with van der Waals surface area (Å²) in [6.07, 6.45) is 1.97. The lowest BCUT2D eigenvalue weighted by Crippen LogP contribution is -2.35. The first kappa shape index (κ1) is 19.0. The van der Waals surface area contributed by atoms with Gasteiger partial charge < -0.3 is 15.0 Å². The van der Waals surface area contributed by atoms with Gasteiger partial charge in [0.2, 0.25) is 5.91 Å². The molecule has 0 bridgehead atoms. The van der Waals surface area contributed by atoms with Gasteiger partial charge in [0, 0.05) is 19.5 Å². The predicted molar refractivity (Wildman–Crippen MR) is 94.0 cm³/mol. The van der Waals surface area contributed by atoms with Gasteiger partial charge in [-0.1, -0.05) is 38.1 Å². The van der Waals surface area contributed by atoms with E-state index in [4.69, 9.17) is 4.74 Å². The number of esters is 1. The van der Waals surface area contributed by atoms with Crippen LogP contribution >= 0.6 is 0 Å². The van der Waals surface area contributed by atoms with E-state index in [9.17, 15) is 14.4 Å². The summed E-state index contributed by atoms with van der Waals surface area (Å²) in [6, 6.07) is 8.33. The number of rotatable bonds is 8. The Balaban J connectivity index is 1.62. The Morgan fingerprint density at radius 2 is 1.96 bits per heavy atom. The van der Waals surface area contributed by atoms with Crippen molar-refractivity contribution in [1.82, 2.24) is 10.2 Å². The van der Waals surface area contributed by atoms with Crippen LogP contribution in [0.15, 0.2) is 24.3 Å². The Morgan fingerprint density at radius 3 is 2.56 bits per heavy atom. The third-order valence-corrected chi connectivity index (χ3v) is 4.24. The molecule has 2 rings (SSSR count). The van der Waals surface area contributed by atoms with Crippen LogP contribution in [0.5, 0.6) is 0 Å². The monoisotopic (exact) mass is 346 g/mol. The maximum Gasteiger partial charge on any atom is 0.326 e. The van der Waals surface area contributed by atoms with Crippen molar-refractivity contribution in [1.29, 1.82) is 0 Å². The molecule has 1 fully saturated rings. The lowest BCUT2D eigenvalue weighted by molar-refractivity contribution is -0.151. The van der Waals surface area contributed by atoms with Crippen LogP contribution in [0, 0.1) is 0 Å². The highest BCUT2D eigenvalue weighted by Crippen LogP contribution is 2.14. The van der Waals surface area contributed by atoms with Gasteiger partial charge >= 0.3 is 5.97 Å². The van der Waals surface area contributed by atoms with Crippen molar-refractivity contribution in [2.45, 2.75) is 39.0 Å². The average Bonchev–Trinajstić information content (AvgIpc) is 2.98. The number of carbonyl (C=O) groups is 3. The predicted octanol–water partition coefficient (Wildman–Crippen LogP) is 1.63.